The summed E-state index contributed by atoms with van der Waals surface area (Å²) in [5.74, 6) is 0.130. The highest BCUT2D eigenvalue weighted by Gasteiger charge is 2.07. The lowest BCUT2D eigenvalue weighted by Gasteiger charge is -2.17. The molecule has 2 aromatic carbocycles. The van der Waals surface area contributed by atoms with Gasteiger partial charge in [0.05, 0.1) is 0 Å². The molecule has 0 aliphatic carbocycles. The van der Waals surface area contributed by atoms with Crippen molar-refractivity contribution in [3.63, 3.8) is 0 Å². The molecule has 0 atom stereocenters. The first kappa shape index (κ1) is 19.1. The number of hydrogen-bond donors (Lipinski definition) is 2. The molecule has 0 saturated heterocycles. The first-order valence-electron chi connectivity index (χ1n) is 8.90. The maximum atomic E-state index is 10.4. The number of hydroxylamine groups is 1. The molecule has 5 heteroatoms. The number of hydrogen-bond acceptors (Lipinski definition) is 4. The Hall–Kier alpha value is -2.27. The van der Waals surface area contributed by atoms with E-state index in [-0.39, 0.29) is 6.42 Å². The van der Waals surface area contributed by atoms with Gasteiger partial charge in [-0.15, -0.1) is 0 Å². The van der Waals surface area contributed by atoms with E-state index in [1.165, 1.54) is 11.1 Å². The maximum absolute atomic E-state index is 10.4. The molecule has 2 rings (SSSR count). The van der Waals surface area contributed by atoms with Crippen LogP contribution in [0.3, 0.4) is 0 Å². The molecular formula is C20H28N2O3. The number of fused-ring (bicyclic) bond motifs is 1. The smallest absolute Gasteiger partial charge is 0.303 e. The van der Waals surface area contributed by atoms with E-state index in [1.807, 2.05) is 32.3 Å². The Morgan fingerprint density at radius 3 is 2.44 bits per heavy atom. The number of anilines is 1. The fraction of sp³-hybridized carbons (Fsp3) is 0.450. The summed E-state index contributed by atoms with van der Waals surface area (Å²) in [4.78, 5) is 18.3. The minimum Gasteiger partial charge on any atom is -0.481 e. The number of carboxylic acid groups (broad SMARTS) is 1. The van der Waals surface area contributed by atoms with Crippen molar-refractivity contribution in [2.45, 2.75) is 38.5 Å². The van der Waals surface area contributed by atoms with Gasteiger partial charge in [-0.25, -0.2) is 0 Å². The standard InChI is InChI=1S/C20H28N2O3/c1-22(2)18-12-8-11-17-16(18)10-9-13-19(17)25-21-15-7-5-3-4-6-14-20(23)24/h8-13,21H,3-7,14-15H2,1-2H3,(H,23,24). The maximum Gasteiger partial charge on any atom is 0.303 e. The predicted octanol–water partition coefficient (Wildman–Crippen LogP) is 4.21. The van der Waals surface area contributed by atoms with Gasteiger partial charge in [0.2, 0.25) is 0 Å². The largest absolute Gasteiger partial charge is 0.481 e. The van der Waals surface area contributed by atoms with Crippen LogP contribution < -0.4 is 15.2 Å². The van der Waals surface area contributed by atoms with Gasteiger partial charge in [-0.2, -0.15) is 5.48 Å². The topological polar surface area (TPSA) is 61.8 Å². The Morgan fingerprint density at radius 2 is 1.68 bits per heavy atom. The fourth-order valence-electron chi connectivity index (χ4n) is 2.88. The van der Waals surface area contributed by atoms with Crippen molar-refractivity contribution in [3.8, 4) is 5.75 Å². The predicted molar refractivity (Wildman–Crippen MR) is 102 cm³/mol. The number of carbonyl (C=O) groups is 1. The molecule has 0 heterocycles. The fourth-order valence-corrected chi connectivity index (χ4v) is 2.88. The van der Waals surface area contributed by atoms with Crippen LogP contribution in [0.15, 0.2) is 36.4 Å². The highest BCUT2D eigenvalue weighted by atomic mass is 16.6. The van der Waals surface area contributed by atoms with Crippen LogP contribution in [0.4, 0.5) is 5.69 Å². The average molecular weight is 344 g/mol. The first-order chi connectivity index (χ1) is 12.1. The molecule has 0 aliphatic rings. The minimum absolute atomic E-state index is 0.275. The van der Waals surface area contributed by atoms with E-state index in [2.05, 4.69) is 28.6 Å². The van der Waals surface area contributed by atoms with Crippen LogP contribution >= 0.6 is 0 Å². The van der Waals surface area contributed by atoms with Crippen LogP contribution in [0.2, 0.25) is 0 Å². The lowest BCUT2D eigenvalue weighted by Crippen LogP contribution is -2.19. The van der Waals surface area contributed by atoms with Gasteiger partial charge < -0.3 is 14.8 Å². The highest BCUT2D eigenvalue weighted by Crippen LogP contribution is 2.31. The molecule has 0 fully saturated rings. The SMILES string of the molecule is CN(C)c1cccc2c(ONCCCCCCCC(=O)O)cccc12. The third-order valence-corrected chi connectivity index (χ3v) is 4.19. The van der Waals surface area contributed by atoms with E-state index in [1.54, 1.807) is 0 Å². The summed E-state index contributed by atoms with van der Waals surface area (Å²) in [6.45, 7) is 0.780. The third kappa shape index (κ3) is 5.94. The summed E-state index contributed by atoms with van der Waals surface area (Å²) in [5, 5.41) is 10.9. The van der Waals surface area contributed by atoms with Crippen molar-refractivity contribution in [3.05, 3.63) is 36.4 Å². The molecule has 0 radical (unpaired) electrons. The Morgan fingerprint density at radius 1 is 1.00 bits per heavy atom. The second kappa shape index (κ2) is 9.89. The van der Waals surface area contributed by atoms with Crippen molar-refractivity contribution in [2.24, 2.45) is 0 Å². The molecule has 0 bridgehead atoms. The lowest BCUT2D eigenvalue weighted by atomic mass is 10.1. The van der Waals surface area contributed by atoms with E-state index in [9.17, 15) is 4.79 Å². The quantitative estimate of drug-likeness (QED) is 0.472. The molecule has 2 N–H and O–H groups in total. The molecule has 0 amide bonds. The van der Waals surface area contributed by atoms with Crippen LogP contribution in [0, 0.1) is 0 Å². The number of rotatable bonds is 11. The number of aliphatic carboxylic acids is 1. The van der Waals surface area contributed by atoms with Crippen LogP contribution in [-0.4, -0.2) is 31.7 Å². The molecule has 136 valence electrons. The number of nitrogens with one attached hydrogen (secondary N) is 1. The van der Waals surface area contributed by atoms with Crippen LogP contribution in [0.5, 0.6) is 5.75 Å². The summed E-state index contributed by atoms with van der Waals surface area (Å²) in [6.07, 6.45) is 5.18. The molecule has 0 aromatic heterocycles. The van der Waals surface area contributed by atoms with Gasteiger partial charge in [0.1, 0.15) is 0 Å². The molecule has 25 heavy (non-hydrogen) atoms. The number of nitrogens with zero attached hydrogens (tertiary/aromatic N) is 1. The van der Waals surface area contributed by atoms with Gasteiger partial charge in [-0.1, -0.05) is 43.5 Å². The zero-order valence-electron chi connectivity index (χ0n) is 15.1. The Balaban J connectivity index is 1.76. The van der Waals surface area contributed by atoms with Crippen LogP contribution in [0.1, 0.15) is 38.5 Å². The molecule has 0 saturated carbocycles. The van der Waals surface area contributed by atoms with Crippen molar-refractivity contribution in [1.82, 2.24) is 5.48 Å². The molecular weight excluding hydrogens is 316 g/mol. The second-order valence-corrected chi connectivity index (χ2v) is 6.43. The zero-order chi connectivity index (χ0) is 18.1. The van der Waals surface area contributed by atoms with Gasteiger partial charge in [0.15, 0.2) is 5.75 Å². The van der Waals surface area contributed by atoms with Gasteiger partial charge in [-0.05, 0) is 25.0 Å². The number of unbranched alkanes of at least 4 members (excludes halogenated alkanes) is 4. The van der Waals surface area contributed by atoms with Crippen molar-refractivity contribution < 1.29 is 14.7 Å². The molecule has 2 aromatic rings. The summed E-state index contributed by atoms with van der Waals surface area (Å²) in [6, 6.07) is 12.3. The molecule has 0 spiro atoms. The van der Waals surface area contributed by atoms with E-state index in [0.29, 0.717) is 0 Å². The minimum atomic E-state index is -0.706. The monoisotopic (exact) mass is 344 g/mol. The summed E-state index contributed by atoms with van der Waals surface area (Å²) >= 11 is 0. The highest BCUT2D eigenvalue weighted by molar-refractivity contribution is 5.97. The number of carboxylic acids is 1. The molecule has 5 nitrogen and oxygen atoms in total. The van der Waals surface area contributed by atoms with Crippen molar-refractivity contribution >= 4 is 22.4 Å². The summed E-state index contributed by atoms with van der Waals surface area (Å²) < 4.78 is 0. The van der Waals surface area contributed by atoms with Crippen LogP contribution in [-0.2, 0) is 4.79 Å². The van der Waals surface area contributed by atoms with E-state index >= 15 is 0 Å². The Labute approximate surface area is 149 Å². The van der Waals surface area contributed by atoms with Gasteiger partial charge >= 0.3 is 5.97 Å². The van der Waals surface area contributed by atoms with Crippen LogP contribution in [0.25, 0.3) is 10.8 Å². The lowest BCUT2D eigenvalue weighted by molar-refractivity contribution is -0.137. The van der Waals surface area contributed by atoms with E-state index < -0.39 is 5.97 Å². The number of benzene rings is 2. The Kier molecular flexibility index (Phi) is 7.54. The molecule has 0 unspecified atom stereocenters. The van der Waals surface area contributed by atoms with Gasteiger partial charge in [0.25, 0.3) is 0 Å². The van der Waals surface area contributed by atoms with Gasteiger partial charge in [-0.3, -0.25) is 4.79 Å². The second-order valence-electron chi connectivity index (χ2n) is 6.43. The molecule has 0 aliphatic heterocycles. The van der Waals surface area contributed by atoms with E-state index in [4.69, 9.17) is 9.94 Å². The average Bonchev–Trinajstić information content (AvgIpc) is 2.59. The van der Waals surface area contributed by atoms with E-state index in [0.717, 1.165) is 49.8 Å². The van der Waals surface area contributed by atoms with Crippen molar-refractivity contribution in [2.75, 3.05) is 25.5 Å². The Bertz CT molecular complexity index is 686. The first-order valence-corrected chi connectivity index (χ1v) is 8.90. The van der Waals surface area contributed by atoms with Gasteiger partial charge in [0, 0.05) is 43.5 Å². The summed E-state index contributed by atoms with van der Waals surface area (Å²) in [7, 11) is 4.08. The summed E-state index contributed by atoms with van der Waals surface area (Å²) in [5.41, 5.74) is 4.21. The zero-order valence-corrected chi connectivity index (χ0v) is 15.1. The normalized spacial score (nSPS) is 10.8. The third-order valence-electron chi connectivity index (χ3n) is 4.19. The van der Waals surface area contributed by atoms with Crippen molar-refractivity contribution in [1.29, 1.82) is 0 Å².